The van der Waals surface area contributed by atoms with Gasteiger partial charge in [-0.3, -0.25) is 14.8 Å². The fourth-order valence-electron chi connectivity index (χ4n) is 2.56. The third-order valence-corrected chi connectivity index (χ3v) is 6.35. The Bertz CT molecular complexity index is 1200. The number of rotatable bonds is 6. The lowest BCUT2D eigenvalue weighted by atomic mass is 10.2. The van der Waals surface area contributed by atoms with E-state index in [0.717, 1.165) is 3.57 Å². The van der Waals surface area contributed by atoms with E-state index in [4.69, 9.17) is 17.0 Å². The number of halogens is 1. The van der Waals surface area contributed by atoms with Crippen molar-refractivity contribution >= 4 is 67.2 Å². The van der Waals surface area contributed by atoms with Crippen LogP contribution in [0.15, 0.2) is 77.7 Å². The van der Waals surface area contributed by atoms with Gasteiger partial charge in [0.05, 0.1) is 12.0 Å². The molecular weight excluding hydrogens is 549 g/mol. The number of anilines is 2. The lowest BCUT2D eigenvalue weighted by Gasteiger charge is -2.11. The van der Waals surface area contributed by atoms with Crippen molar-refractivity contribution in [3.05, 3.63) is 81.9 Å². The molecule has 0 saturated heterocycles. The lowest BCUT2D eigenvalue weighted by molar-refractivity contribution is 0.0977. The van der Waals surface area contributed by atoms with Gasteiger partial charge in [0.25, 0.3) is 15.9 Å². The van der Waals surface area contributed by atoms with Crippen molar-refractivity contribution in [2.75, 3.05) is 17.1 Å². The Morgan fingerprint density at radius 3 is 2.23 bits per heavy atom. The molecular formula is C21H18IN3O4S2. The number of nitrogens with one attached hydrogen (secondary N) is 3. The van der Waals surface area contributed by atoms with Crippen LogP contribution in [-0.4, -0.2) is 26.5 Å². The van der Waals surface area contributed by atoms with E-state index < -0.39 is 10.0 Å². The van der Waals surface area contributed by atoms with Crippen LogP contribution in [0.4, 0.5) is 11.4 Å². The predicted molar refractivity (Wildman–Crippen MR) is 133 cm³/mol. The van der Waals surface area contributed by atoms with Crippen LogP contribution in [0.3, 0.4) is 0 Å². The molecule has 0 aliphatic rings. The maximum atomic E-state index is 12.6. The van der Waals surface area contributed by atoms with Crippen LogP contribution in [0.5, 0.6) is 5.75 Å². The minimum Gasteiger partial charge on any atom is -0.497 e. The summed E-state index contributed by atoms with van der Waals surface area (Å²) in [6, 6.07) is 19.7. The summed E-state index contributed by atoms with van der Waals surface area (Å²) in [5, 5.41) is 5.57. The first-order valence-corrected chi connectivity index (χ1v) is 11.9. The second kappa shape index (κ2) is 10.1. The van der Waals surface area contributed by atoms with Crippen LogP contribution in [0, 0.1) is 3.57 Å². The second-order valence-corrected chi connectivity index (χ2v) is 9.61. The number of ether oxygens (including phenoxy) is 1. The van der Waals surface area contributed by atoms with E-state index in [2.05, 4.69) is 37.9 Å². The Morgan fingerprint density at radius 1 is 0.968 bits per heavy atom. The van der Waals surface area contributed by atoms with Gasteiger partial charge >= 0.3 is 0 Å². The summed E-state index contributed by atoms with van der Waals surface area (Å²) in [6.07, 6.45) is 0. The third-order valence-electron chi connectivity index (χ3n) is 4.08. The Hall–Kier alpha value is -2.70. The van der Waals surface area contributed by atoms with Gasteiger partial charge in [0, 0.05) is 20.5 Å². The highest BCUT2D eigenvalue weighted by molar-refractivity contribution is 14.1. The summed E-state index contributed by atoms with van der Waals surface area (Å²) < 4.78 is 33.7. The molecule has 0 bridgehead atoms. The van der Waals surface area contributed by atoms with Gasteiger partial charge in [0.1, 0.15) is 5.75 Å². The van der Waals surface area contributed by atoms with Gasteiger partial charge < -0.3 is 10.1 Å². The maximum absolute atomic E-state index is 12.6. The number of amides is 1. The van der Waals surface area contributed by atoms with Crippen LogP contribution in [0.2, 0.25) is 0 Å². The van der Waals surface area contributed by atoms with E-state index in [1.807, 2.05) is 6.07 Å². The molecule has 7 nitrogen and oxygen atoms in total. The quantitative estimate of drug-likeness (QED) is 0.305. The minimum atomic E-state index is -3.76. The third kappa shape index (κ3) is 6.39. The Balaban J connectivity index is 1.62. The van der Waals surface area contributed by atoms with Gasteiger partial charge in [-0.25, -0.2) is 8.42 Å². The van der Waals surface area contributed by atoms with E-state index in [1.165, 1.54) is 19.2 Å². The number of carbonyl (C=O) groups is 1. The molecule has 10 heteroatoms. The van der Waals surface area contributed by atoms with E-state index in [1.54, 1.807) is 54.6 Å². The summed E-state index contributed by atoms with van der Waals surface area (Å²) >= 11 is 7.29. The van der Waals surface area contributed by atoms with Crippen molar-refractivity contribution in [2.45, 2.75) is 4.90 Å². The number of sulfonamides is 1. The number of thiocarbonyl (C=S) groups is 1. The average molecular weight is 567 g/mol. The van der Waals surface area contributed by atoms with Crippen molar-refractivity contribution in [2.24, 2.45) is 0 Å². The number of carbonyl (C=O) groups excluding carboxylic acids is 1. The average Bonchev–Trinajstić information content (AvgIpc) is 2.74. The first kappa shape index (κ1) is 23.0. The van der Waals surface area contributed by atoms with Crippen molar-refractivity contribution in [3.8, 4) is 5.75 Å². The van der Waals surface area contributed by atoms with Gasteiger partial charge in [0.15, 0.2) is 5.11 Å². The molecule has 31 heavy (non-hydrogen) atoms. The molecule has 3 rings (SSSR count). The maximum Gasteiger partial charge on any atom is 0.261 e. The zero-order valence-electron chi connectivity index (χ0n) is 16.3. The molecule has 160 valence electrons. The normalized spacial score (nSPS) is 10.8. The molecule has 3 aromatic rings. The number of methoxy groups -OCH3 is 1. The van der Waals surface area contributed by atoms with Crippen LogP contribution in [-0.2, 0) is 10.0 Å². The van der Waals surface area contributed by atoms with Crippen molar-refractivity contribution in [1.29, 1.82) is 0 Å². The molecule has 3 aromatic carbocycles. The molecule has 0 unspecified atom stereocenters. The number of hydrogen-bond donors (Lipinski definition) is 3. The fourth-order valence-corrected chi connectivity index (χ4v) is 4.37. The van der Waals surface area contributed by atoms with Crippen molar-refractivity contribution < 1.29 is 17.9 Å². The smallest absolute Gasteiger partial charge is 0.261 e. The van der Waals surface area contributed by atoms with Crippen LogP contribution in [0.1, 0.15) is 10.4 Å². The van der Waals surface area contributed by atoms with E-state index in [-0.39, 0.29) is 15.9 Å². The topological polar surface area (TPSA) is 96.5 Å². The summed E-state index contributed by atoms with van der Waals surface area (Å²) in [7, 11) is -2.22. The highest BCUT2D eigenvalue weighted by atomic mass is 127. The fraction of sp³-hybridized carbons (Fsp3) is 0.0476. The van der Waals surface area contributed by atoms with Crippen LogP contribution >= 0.6 is 34.8 Å². The van der Waals surface area contributed by atoms with Crippen LogP contribution in [0.25, 0.3) is 0 Å². The van der Waals surface area contributed by atoms with Gasteiger partial charge in [-0.05, 0) is 102 Å². The highest BCUT2D eigenvalue weighted by Gasteiger charge is 2.15. The predicted octanol–water partition coefficient (Wildman–Crippen LogP) is 4.23. The van der Waals surface area contributed by atoms with Gasteiger partial charge in [-0.1, -0.05) is 6.07 Å². The summed E-state index contributed by atoms with van der Waals surface area (Å²) in [4.78, 5) is 12.3. The molecule has 0 saturated carbocycles. The Labute approximate surface area is 199 Å². The summed E-state index contributed by atoms with van der Waals surface area (Å²) in [5.41, 5.74) is 1.45. The molecule has 0 spiro atoms. The molecule has 1 amide bonds. The van der Waals surface area contributed by atoms with Crippen LogP contribution < -0.4 is 20.1 Å². The summed E-state index contributed by atoms with van der Waals surface area (Å²) in [5.74, 6) is 0.294. The van der Waals surface area contributed by atoms with Gasteiger partial charge in [-0.2, -0.15) is 0 Å². The minimum absolute atomic E-state index is 0.0858. The standard InChI is InChI=1S/C21H18IN3O4S2/c1-29-18-9-5-17(6-10-18)25-31(27,28)19-11-7-16(8-12-19)23-21(30)24-20(26)14-3-2-4-15(22)13-14/h2-13,25H,1H3,(H2,23,24,26,30). The second-order valence-electron chi connectivity index (χ2n) is 6.28. The number of benzene rings is 3. The Kier molecular flexibility index (Phi) is 7.46. The molecule has 0 aromatic heterocycles. The first-order chi connectivity index (χ1) is 14.8. The molecule has 0 aliphatic heterocycles. The number of hydrogen-bond acceptors (Lipinski definition) is 5. The largest absolute Gasteiger partial charge is 0.497 e. The zero-order valence-corrected chi connectivity index (χ0v) is 20.0. The highest BCUT2D eigenvalue weighted by Crippen LogP contribution is 2.20. The Morgan fingerprint density at radius 2 is 1.61 bits per heavy atom. The SMILES string of the molecule is COc1ccc(NS(=O)(=O)c2ccc(NC(=S)NC(=O)c3cccc(I)c3)cc2)cc1. The monoisotopic (exact) mass is 567 g/mol. The van der Waals surface area contributed by atoms with E-state index >= 15 is 0 Å². The van der Waals surface area contributed by atoms with Gasteiger partial charge in [-0.15, -0.1) is 0 Å². The molecule has 0 aliphatic carbocycles. The van der Waals surface area contributed by atoms with Gasteiger partial charge in [0.2, 0.25) is 0 Å². The van der Waals surface area contributed by atoms with E-state index in [0.29, 0.717) is 22.7 Å². The molecule has 0 heterocycles. The zero-order chi connectivity index (χ0) is 22.4. The van der Waals surface area contributed by atoms with Crippen molar-refractivity contribution in [1.82, 2.24) is 5.32 Å². The van der Waals surface area contributed by atoms with E-state index in [9.17, 15) is 13.2 Å². The lowest BCUT2D eigenvalue weighted by Crippen LogP contribution is -2.34. The molecule has 0 radical (unpaired) electrons. The van der Waals surface area contributed by atoms with Crippen molar-refractivity contribution in [3.63, 3.8) is 0 Å². The molecule has 0 atom stereocenters. The molecule has 3 N–H and O–H groups in total. The summed E-state index contributed by atoms with van der Waals surface area (Å²) in [6.45, 7) is 0. The molecule has 0 fully saturated rings. The first-order valence-electron chi connectivity index (χ1n) is 8.92.